The predicted molar refractivity (Wildman–Crippen MR) is 67.5 cm³/mol. The summed E-state index contributed by atoms with van der Waals surface area (Å²) in [4.78, 5) is 8.25. The van der Waals surface area contributed by atoms with Crippen LogP contribution in [0.15, 0.2) is 33.5 Å². The summed E-state index contributed by atoms with van der Waals surface area (Å²) >= 11 is 3.51. The third kappa shape index (κ3) is 1.82. The van der Waals surface area contributed by atoms with Crippen LogP contribution in [0.1, 0.15) is 5.56 Å². The van der Waals surface area contributed by atoms with Crippen molar-refractivity contribution in [1.82, 2.24) is 25.3 Å². The van der Waals surface area contributed by atoms with Crippen molar-refractivity contribution in [1.29, 1.82) is 0 Å². The van der Waals surface area contributed by atoms with E-state index in [2.05, 4.69) is 41.3 Å². The SMILES string of the molecule is Cc1cccc(-c2nc(-c3ncn[nH]3)no2)c1Br. The lowest BCUT2D eigenvalue weighted by atomic mass is 10.1. The van der Waals surface area contributed by atoms with Gasteiger partial charge in [0.15, 0.2) is 5.82 Å². The molecule has 7 heteroatoms. The second-order valence-electron chi connectivity index (χ2n) is 3.69. The van der Waals surface area contributed by atoms with Gasteiger partial charge in [-0.15, -0.1) is 0 Å². The molecule has 2 heterocycles. The fourth-order valence-corrected chi connectivity index (χ4v) is 1.99. The van der Waals surface area contributed by atoms with Crippen LogP contribution in [0.2, 0.25) is 0 Å². The van der Waals surface area contributed by atoms with Crippen LogP contribution in [-0.2, 0) is 0 Å². The van der Waals surface area contributed by atoms with Crippen LogP contribution in [0.4, 0.5) is 0 Å². The van der Waals surface area contributed by atoms with E-state index in [1.54, 1.807) is 0 Å². The first-order chi connectivity index (χ1) is 8.75. The highest BCUT2D eigenvalue weighted by Crippen LogP contribution is 2.30. The van der Waals surface area contributed by atoms with Gasteiger partial charge in [0.05, 0.1) is 5.56 Å². The molecule has 0 amide bonds. The van der Waals surface area contributed by atoms with Crippen molar-refractivity contribution in [3.05, 3.63) is 34.6 Å². The Morgan fingerprint density at radius 2 is 2.22 bits per heavy atom. The van der Waals surface area contributed by atoms with Gasteiger partial charge in [-0.25, -0.2) is 4.98 Å². The van der Waals surface area contributed by atoms with Gasteiger partial charge in [-0.3, -0.25) is 5.10 Å². The van der Waals surface area contributed by atoms with Crippen molar-refractivity contribution in [2.45, 2.75) is 6.92 Å². The van der Waals surface area contributed by atoms with Gasteiger partial charge in [-0.1, -0.05) is 17.3 Å². The number of hydrogen-bond acceptors (Lipinski definition) is 5. The lowest BCUT2D eigenvalue weighted by Gasteiger charge is -2.01. The van der Waals surface area contributed by atoms with Gasteiger partial charge >= 0.3 is 0 Å². The minimum absolute atomic E-state index is 0.385. The third-order valence-electron chi connectivity index (χ3n) is 2.48. The molecule has 2 aromatic heterocycles. The lowest BCUT2D eigenvalue weighted by molar-refractivity contribution is 0.431. The Hall–Kier alpha value is -2.02. The van der Waals surface area contributed by atoms with Crippen molar-refractivity contribution in [2.75, 3.05) is 0 Å². The van der Waals surface area contributed by atoms with Crippen LogP contribution in [0.25, 0.3) is 23.1 Å². The first-order valence-corrected chi connectivity index (χ1v) is 6.00. The van der Waals surface area contributed by atoms with Gasteiger partial charge in [0.1, 0.15) is 6.33 Å². The number of aromatic nitrogens is 5. The highest BCUT2D eigenvalue weighted by atomic mass is 79.9. The zero-order valence-electron chi connectivity index (χ0n) is 9.38. The van der Waals surface area contributed by atoms with Crippen LogP contribution in [-0.4, -0.2) is 25.3 Å². The maximum Gasteiger partial charge on any atom is 0.259 e. The van der Waals surface area contributed by atoms with Crippen molar-refractivity contribution in [2.24, 2.45) is 0 Å². The van der Waals surface area contributed by atoms with Crippen LogP contribution in [0.3, 0.4) is 0 Å². The molecule has 3 aromatic rings. The minimum atomic E-state index is 0.385. The highest BCUT2D eigenvalue weighted by molar-refractivity contribution is 9.10. The van der Waals surface area contributed by atoms with Crippen LogP contribution in [0, 0.1) is 6.92 Å². The summed E-state index contributed by atoms with van der Waals surface area (Å²) in [5.41, 5.74) is 1.96. The molecule has 0 atom stereocenters. The number of rotatable bonds is 2. The fraction of sp³-hybridized carbons (Fsp3) is 0.0909. The van der Waals surface area contributed by atoms with Crippen molar-refractivity contribution < 1.29 is 4.52 Å². The Balaban J connectivity index is 2.06. The second kappa shape index (κ2) is 4.34. The maximum absolute atomic E-state index is 5.23. The van der Waals surface area contributed by atoms with E-state index < -0.39 is 0 Å². The number of nitrogens with one attached hydrogen (secondary N) is 1. The van der Waals surface area contributed by atoms with E-state index in [9.17, 15) is 0 Å². The van der Waals surface area contributed by atoms with Crippen molar-refractivity contribution >= 4 is 15.9 Å². The maximum atomic E-state index is 5.23. The van der Waals surface area contributed by atoms with Gasteiger partial charge in [-0.05, 0) is 34.5 Å². The summed E-state index contributed by atoms with van der Waals surface area (Å²) < 4.78 is 6.17. The zero-order valence-corrected chi connectivity index (χ0v) is 11.0. The first kappa shape index (κ1) is 11.1. The summed E-state index contributed by atoms with van der Waals surface area (Å²) in [6, 6.07) is 5.85. The van der Waals surface area contributed by atoms with E-state index in [0.29, 0.717) is 17.5 Å². The van der Waals surface area contributed by atoms with Gasteiger partial charge in [0.2, 0.25) is 5.82 Å². The minimum Gasteiger partial charge on any atom is -0.333 e. The molecular weight excluding hydrogens is 298 g/mol. The number of hydrogen-bond donors (Lipinski definition) is 1. The number of nitrogens with zero attached hydrogens (tertiary/aromatic N) is 4. The molecule has 0 saturated carbocycles. The normalized spacial score (nSPS) is 10.8. The Bertz CT molecular complexity index is 677. The molecule has 6 nitrogen and oxygen atoms in total. The van der Waals surface area contributed by atoms with Gasteiger partial charge in [0, 0.05) is 4.47 Å². The molecule has 3 rings (SSSR count). The van der Waals surface area contributed by atoms with Crippen LogP contribution < -0.4 is 0 Å². The molecule has 1 N–H and O–H groups in total. The molecule has 0 bridgehead atoms. The quantitative estimate of drug-likeness (QED) is 0.787. The number of halogens is 1. The van der Waals surface area contributed by atoms with Crippen molar-refractivity contribution in [3.63, 3.8) is 0 Å². The monoisotopic (exact) mass is 305 g/mol. The smallest absolute Gasteiger partial charge is 0.259 e. The van der Waals surface area contributed by atoms with E-state index >= 15 is 0 Å². The summed E-state index contributed by atoms with van der Waals surface area (Å²) in [7, 11) is 0. The molecule has 0 unspecified atom stereocenters. The standard InChI is InChI=1S/C11H8BrN5O/c1-6-3-2-4-7(8(6)12)11-15-10(17-18-11)9-13-5-14-16-9/h2-5H,1H3,(H,13,14,16). The lowest BCUT2D eigenvalue weighted by Crippen LogP contribution is -1.85. The van der Waals surface area contributed by atoms with E-state index in [0.717, 1.165) is 15.6 Å². The Kier molecular flexibility index (Phi) is 2.67. The van der Waals surface area contributed by atoms with E-state index in [1.807, 2.05) is 25.1 Å². The summed E-state index contributed by atoms with van der Waals surface area (Å²) in [6.45, 7) is 2.00. The molecule has 0 aliphatic carbocycles. The molecular formula is C11H8BrN5O. The average molecular weight is 306 g/mol. The number of H-pyrrole nitrogens is 1. The molecule has 0 aliphatic rings. The fourth-order valence-electron chi connectivity index (χ4n) is 1.55. The molecule has 0 fully saturated rings. The molecule has 0 saturated heterocycles. The van der Waals surface area contributed by atoms with Gasteiger partial charge < -0.3 is 4.52 Å². The number of benzene rings is 1. The van der Waals surface area contributed by atoms with E-state index in [1.165, 1.54) is 6.33 Å². The molecule has 1 aromatic carbocycles. The van der Waals surface area contributed by atoms with E-state index in [-0.39, 0.29) is 0 Å². The second-order valence-corrected chi connectivity index (χ2v) is 4.49. The average Bonchev–Trinajstić information content (AvgIpc) is 3.01. The number of aryl methyl sites for hydroxylation is 1. The Morgan fingerprint density at radius 1 is 1.33 bits per heavy atom. The summed E-state index contributed by atoms with van der Waals surface area (Å²) in [5.74, 6) is 1.31. The summed E-state index contributed by atoms with van der Waals surface area (Å²) in [5, 5.41) is 10.3. The van der Waals surface area contributed by atoms with Crippen LogP contribution in [0.5, 0.6) is 0 Å². The Morgan fingerprint density at radius 3 is 3.00 bits per heavy atom. The van der Waals surface area contributed by atoms with Gasteiger partial charge in [0.25, 0.3) is 5.89 Å². The largest absolute Gasteiger partial charge is 0.333 e. The molecule has 0 radical (unpaired) electrons. The van der Waals surface area contributed by atoms with Gasteiger partial charge in [-0.2, -0.15) is 10.1 Å². The molecule has 90 valence electrons. The first-order valence-electron chi connectivity index (χ1n) is 5.20. The topological polar surface area (TPSA) is 80.5 Å². The molecule has 0 spiro atoms. The third-order valence-corrected chi connectivity index (χ3v) is 3.53. The molecule has 18 heavy (non-hydrogen) atoms. The number of aromatic amines is 1. The van der Waals surface area contributed by atoms with E-state index in [4.69, 9.17) is 4.52 Å². The molecule has 0 aliphatic heterocycles. The summed E-state index contributed by atoms with van der Waals surface area (Å²) in [6.07, 6.45) is 1.40. The zero-order chi connectivity index (χ0) is 12.5. The van der Waals surface area contributed by atoms with Crippen LogP contribution >= 0.6 is 15.9 Å². The van der Waals surface area contributed by atoms with Crippen molar-refractivity contribution in [3.8, 4) is 23.1 Å². The highest BCUT2D eigenvalue weighted by Gasteiger charge is 2.15. The Labute approximate surface area is 111 Å². The predicted octanol–water partition coefficient (Wildman–Crippen LogP) is 2.59.